The highest BCUT2D eigenvalue weighted by atomic mass is 16.2. The lowest BCUT2D eigenvalue weighted by Crippen LogP contribution is -2.19. The van der Waals surface area contributed by atoms with Gasteiger partial charge in [-0.25, -0.2) is 9.97 Å². The van der Waals surface area contributed by atoms with Crippen LogP contribution in [-0.2, 0) is 30.6 Å². The smallest absolute Gasteiger partial charge is 0.274 e. The maximum absolute atomic E-state index is 13.2. The minimum absolute atomic E-state index is 0.0432. The number of benzene rings is 2. The first kappa shape index (κ1) is 19.9. The van der Waals surface area contributed by atoms with Gasteiger partial charge in [0.25, 0.3) is 5.91 Å². The Morgan fingerprint density at radius 3 is 2.70 bits per heavy atom. The topological polar surface area (TPSA) is 98.0 Å². The van der Waals surface area contributed by atoms with Gasteiger partial charge in [-0.1, -0.05) is 36.4 Å². The van der Waals surface area contributed by atoms with Crippen LogP contribution in [0.15, 0.2) is 48.5 Å². The van der Waals surface area contributed by atoms with Crippen molar-refractivity contribution in [2.45, 2.75) is 39.2 Å². The van der Waals surface area contributed by atoms with Crippen LogP contribution in [0, 0.1) is 0 Å². The van der Waals surface area contributed by atoms with E-state index in [-0.39, 0.29) is 18.1 Å². The van der Waals surface area contributed by atoms with E-state index in [0.717, 1.165) is 47.2 Å². The van der Waals surface area contributed by atoms with E-state index in [1.165, 1.54) is 6.92 Å². The summed E-state index contributed by atoms with van der Waals surface area (Å²) in [4.78, 5) is 34.2. The van der Waals surface area contributed by atoms with Gasteiger partial charge in [-0.3, -0.25) is 9.59 Å². The molecule has 1 aliphatic rings. The Balaban J connectivity index is 1.71. The van der Waals surface area contributed by atoms with Crippen LogP contribution in [0.5, 0.6) is 0 Å². The van der Waals surface area contributed by atoms with Gasteiger partial charge in [-0.05, 0) is 49.4 Å². The van der Waals surface area contributed by atoms with Crippen molar-refractivity contribution in [1.82, 2.24) is 9.97 Å². The number of Topliss-reactive ketones (excluding diaryl/α,β-unsaturated/α-hetero) is 1. The Kier molecular flexibility index (Phi) is 5.68. The first-order valence-electron chi connectivity index (χ1n) is 10.1. The van der Waals surface area contributed by atoms with Crippen molar-refractivity contribution >= 4 is 17.4 Å². The third-order valence-electron chi connectivity index (χ3n) is 5.27. The van der Waals surface area contributed by atoms with Crippen LogP contribution in [0.2, 0.25) is 0 Å². The molecule has 0 unspecified atom stereocenters. The molecule has 0 fully saturated rings. The minimum Gasteiger partial charge on any atom is -0.326 e. The number of para-hydroxylation sites is 1. The molecule has 0 atom stereocenters. The molecule has 4 rings (SSSR count). The summed E-state index contributed by atoms with van der Waals surface area (Å²) >= 11 is 0. The lowest BCUT2D eigenvalue weighted by atomic mass is 10.1. The number of nitrogens with zero attached hydrogens (tertiary/aromatic N) is 2. The first-order valence-corrected chi connectivity index (χ1v) is 10.1. The number of carbonyl (C=O) groups excluding carboxylic acids is 2. The van der Waals surface area contributed by atoms with Crippen LogP contribution in [-0.4, -0.2) is 21.7 Å². The van der Waals surface area contributed by atoms with Gasteiger partial charge in [0, 0.05) is 35.5 Å². The predicted molar refractivity (Wildman–Crippen MR) is 116 cm³/mol. The second kappa shape index (κ2) is 8.55. The van der Waals surface area contributed by atoms with Gasteiger partial charge in [0.05, 0.1) is 0 Å². The largest absolute Gasteiger partial charge is 0.326 e. The molecular weight excluding hydrogens is 376 g/mol. The van der Waals surface area contributed by atoms with E-state index in [1.807, 2.05) is 48.5 Å². The van der Waals surface area contributed by atoms with Gasteiger partial charge in [0.2, 0.25) is 0 Å². The van der Waals surface area contributed by atoms with Crippen molar-refractivity contribution in [3.05, 3.63) is 76.6 Å². The number of aromatic nitrogens is 2. The van der Waals surface area contributed by atoms with Crippen molar-refractivity contribution in [1.29, 1.82) is 0 Å². The van der Waals surface area contributed by atoms with Crippen LogP contribution in [0.4, 0.5) is 5.69 Å². The summed E-state index contributed by atoms with van der Waals surface area (Å²) < 4.78 is 0. The van der Waals surface area contributed by atoms with Crippen LogP contribution in [0.1, 0.15) is 46.2 Å². The molecule has 3 aromatic rings. The Morgan fingerprint density at radius 1 is 1.07 bits per heavy atom. The van der Waals surface area contributed by atoms with E-state index >= 15 is 0 Å². The van der Waals surface area contributed by atoms with Crippen molar-refractivity contribution in [3.63, 3.8) is 0 Å². The fourth-order valence-electron chi connectivity index (χ4n) is 3.83. The van der Waals surface area contributed by atoms with Crippen molar-refractivity contribution < 1.29 is 9.59 Å². The standard InChI is InChI=1S/C24H24N4O2/c1-15(29)12-17-7-2-3-10-20(17)27-24(30)22-19-9-5-11-21(19)26-23(28-22)18-8-4-6-16(13-18)14-25/h2-4,6-8,10,13H,5,9,11-12,14,25H2,1H3,(H,27,30). The molecular formula is C24H24N4O2. The molecule has 1 aliphatic carbocycles. The van der Waals surface area contributed by atoms with Gasteiger partial charge < -0.3 is 11.1 Å². The maximum atomic E-state index is 13.2. The Hall–Kier alpha value is -3.38. The summed E-state index contributed by atoms with van der Waals surface area (Å²) in [5, 5.41) is 2.96. The molecule has 152 valence electrons. The fraction of sp³-hybridized carbons (Fsp3) is 0.250. The molecule has 1 aromatic heterocycles. The highest BCUT2D eigenvalue weighted by molar-refractivity contribution is 6.05. The lowest BCUT2D eigenvalue weighted by Gasteiger charge is -2.13. The molecule has 0 spiro atoms. The zero-order chi connectivity index (χ0) is 21.1. The van der Waals surface area contributed by atoms with E-state index in [2.05, 4.69) is 10.3 Å². The number of hydrogen-bond acceptors (Lipinski definition) is 5. The molecule has 0 radical (unpaired) electrons. The number of aryl methyl sites for hydroxylation is 1. The number of anilines is 1. The summed E-state index contributed by atoms with van der Waals surface area (Å²) in [6.45, 7) is 1.97. The molecule has 3 N–H and O–H groups in total. The maximum Gasteiger partial charge on any atom is 0.274 e. The number of amides is 1. The number of rotatable bonds is 6. The second-order valence-electron chi connectivity index (χ2n) is 7.57. The van der Waals surface area contributed by atoms with Gasteiger partial charge >= 0.3 is 0 Å². The highest BCUT2D eigenvalue weighted by Gasteiger charge is 2.24. The molecule has 1 amide bonds. The van der Waals surface area contributed by atoms with E-state index < -0.39 is 0 Å². The average molecular weight is 400 g/mol. The van der Waals surface area contributed by atoms with Crippen molar-refractivity contribution in [2.75, 3.05) is 5.32 Å². The summed E-state index contributed by atoms with van der Waals surface area (Å²) in [6.07, 6.45) is 2.85. The van der Waals surface area contributed by atoms with Gasteiger partial charge in [-0.2, -0.15) is 0 Å². The van der Waals surface area contributed by atoms with Gasteiger partial charge in [0.1, 0.15) is 11.5 Å². The number of ketones is 1. The molecule has 30 heavy (non-hydrogen) atoms. The monoisotopic (exact) mass is 400 g/mol. The lowest BCUT2D eigenvalue weighted by molar-refractivity contribution is -0.116. The molecule has 1 heterocycles. The number of fused-ring (bicyclic) bond motifs is 1. The zero-order valence-corrected chi connectivity index (χ0v) is 16.9. The first-order chi connectivity index (χ1) is 14.5. The molecule has 2 aromatic carbocycles. The highest BCUT2D eigenvalue weighted by Crippen LogP contribution is 2.28. The molecule has 6 nitrogen and oxygen atoms in total. The summed E-state index contributed by atoms with van der Waals surface area (Å²) in [5.74, 6) is 0.303. The fourth-order valence-corrected chi connectivity index (χ4v) is 3.83. The molecule has 0 bridgehead atoms. The Morgan fingerprint density at radius 2 is 1.90 bits per heavy atom. The molecule has 0 saturated heterocycles. The van der Waals surface area contributed by atoms with E-state index in [0.29, 0.717) is 23.8 Å². The van der Waals surface area contributed by atoms with Crippen LogP contribution in [0.3, 0.4) is 0 Å². The number of nitrogens with two attached hydrogens (primary N) is 1. The van der Waals surface area contributed by atoms with Gasteiger partial charge in [0.15, 0.2) is 5.82 Å². The summed E-state index contributed by atoms with van der Waals surface area (Å²) in [6, 6.07) is 15.1. The third kappa shape index (κ3) is 4.14. The van der Waals surface area contributed by atoms with Gasteiger partial charge in [-0.15, -0.1) is 0 Å². The second-order valence-corrected chi connectivity index (χ2v) is 7.57. The van der Waals surface area contributed by atoms with E-state index in [4.69, 9.17) is 10.7 Å². The molecule has 0 aliphatic heterocycles. The summed E-state index contributed by atoms with van der Waals surface area (Å²) in [5.41, 5.74) is 11.3. The number of nitrogens with one attached hydrogen (secondary N) is 1. The number of hydrogen-bond donors (Lipinski definition) is 2. The number of carbonyl (C=O) groups is 2. The third-order valence-corrected chi connectivity index (χ3v) is 5.27. The zero-order valence-electron chi connectivity index (χ0n) is 16.9. The van der Waals surface area contributed by atoms with Crippen LogP contribution < -0.4 is 11.1 Å². The predicted octanol–water partition coefficient (Wildman–Crippen LogP) is 3.47. The Bertz CT molecular complexity index is 1120. The van der Waals surface area contributed by atoms with E-state index in [9.17, 15) is 9.59 Å². The quantitative estimate of drug-likeness (QED) is 0.660. The van der Waals surface area contributed by atoms with E-state index in [1.54, 1.807) is 0 Å². The van der Waals surface area contributed by atoms with Crippen LogP contribution in [0.25, 0.3) is 11.4 Å². The normalized spacial score (nSPS) is 12.5. The molecule has 6 heteroatoms. The SMILES string of the molecule is CC(=O)Cc1ccccc1NC(=O)c1nc(-c2cccc(CN)c2)nc2c1CCC2. The minimum atomic E-state index is -0.275. The van der Waals surface area contributed by atoms with Crippen molar-refractivity contribution in [2.24, 2.45) is 5.73 Å². The molecule has 0 saturated carbocycles. The van der Waals surface area contributed by atoms with Crippen LogP contribution >= 0.6 is 0 Å². The average Bonchev–Trinajstić information content (AvgIpc) is 3.23. The van der Waals surface area contributed by atoms with Crippen molar-refractivity contribution in [3.8, 4) is 11.4 Å². The summed E-state index contributed by atoms with van der Waals surface area (Å²) in [7, 11) is 0. The Labute approximate surface area is 175 Å².